The largest absolute Gasteiger partial charge is 0.493 e. The fourth-order valence-corrected chi connectivity index (χ4v) is 3.91. The fourth-order valence-electron chi connectivity index (χ4n) is 3.55. The lowest BCUT2D eigenvalue weighted by Crippen LogP contribution is -2.07. The van der Waals surface area contributed by atoms with E-state index < -0.39 is 5.91 Å². The minimum atomic E-state index is -0.540. The summed E-state index contributed by atoms with van der Waals surface area (Å²) in [5.74, 6) is 0.426. The van der Waals surface area contributed by atoms with Gasteiger partial charge in [0.1, 0.15) is 5.75 Å². The number of rotatable bonds is 7. The summed E-state index contributed by atoms with van der Waals surface area (Å²) in [7, 11) is 0. The van der Waals surface area contributed by atoms with E-state index in [-0.39, 0.29) is 18.2 Å². The lowest BCUT2D eigenvalue weighted by molar-refractivity contribution is -0.120. The maximum Gasteiger partial charge on any atom is 0.302 e. The summed E-state index contributed by atoms with van der Waals surface area (Å²) < 4.78 is 8.12. The molecule has 0 atom stereocenters. The predicted octanol–water partition coefficient (Wildman–Crippen LogP) is 6.97. The second kappa shape index (κ2) is 10.0. The molecule has 0 bridgehead atoms. The Balaban J connectivity index is 1.54. The van der Waals surface area contributed by atoms with Crippen LogP contribution in [0.3, 0.4) is 0 Å². The van der Waals surface area contributed by atoms with Gasteiger partial charge in [-0.15, -0.1) is 10.2 Å². The molecule has 6 nitrogen and oxygen atoms in total. The summed E-state index contributed by atoms with van der Waals surface area (Å²) in [5.41, 5.74) is 3.27. The Morgan fingerprint density at radius 3 is 2.48 bits per heavy atom. The van der Waals surface area contributed by atoms with Crippen molar-refractivity contribution >= 4 is 38.4 Å². The number of hydrogen-bond donors (Lipinski definition) is 1. The first-order valence-electron chi connectivity index (χ1n) is 10.6. The van der Waals surface area contributed by atoms with Crippen molar-refractivity contribution in [3.05, 3.63) is 88.4 Å². The normalized spacial score (nSPS) is 11.5. The molecule has 1 N–H and O–H groups in total. The smallest absolute Gasteiger partial charge is 0.302 e. The van der Waals surface area contributed by atoms with Crippen molar-refractivity contribution < 1.29 is 14.6 Å². The molecule has 0 radical (unpaired) electrons. The van der Waals surface area contributed by atoms with Crippen LogP contribution in [0.4, 0.5) is 5.69 Å². The zero-order chi connectivity index (χ0) is 23.4. The lowest BCUT2D eigenvalue weighted by atomic mass is 10.0. The number of carbonyl (C=O) groups is 1. The van der Waals surface area contributed by atoms with E-state index in [1.165, 1.54) is 5.56 Å². The Hall–Kier alpha value is -3.45. The number of fused-ring (bicyclic) bond motifs is 1. The topological polar surface area (TPSA) is 76.2 Å². The average Bonchev–Trinajstić information content (AvgIpc) is 3.07. The van der Waals surface area contributed by atoms with E-state index in [9.17, 15) is 9.90 Å². The second-order valence-electron chi connectivity index (χ2n) is 8.01. The third-order valence-electron chi connectivity index (χ3n) is 5.33. The highest BCUT2D eigenvalue weighted by Gasteiger charge is 2.18. The van der Waals surface area contributed by atoms with Crippen LogP contribution >= 0.6 is 15.9 Å². The van der Waals surface area contributed by atoms with Crippen LogP contribution in [0, 0.1) is 0 Å². The quantitative estimate of drug-likeness (QED) is 0.275. The van der Waals surface area contributed by atoms with Crippen LogP contribution in [0.2, 0.25) is 0 Å². The highest BCUT2D eigenvalue weighted by atomic mass is 79.9. The number of amides is 1. The van der Waals surface area contributed by atoms with Crippen LogP contribution in [-0.2, 0) is 11.3 Å². The van der Waals surface area contributed by atoms with E-state index in [2.05, 4.69) is 40.0 Å². The third kappa shape index (κ3) is 5.31. The van der Waals surface area contributed by atoms with E-state index >= 15 is 0 Å². The number of benzene rings is 3. The van der Waals surface area contributed by atoms with E-state index in [1.807, 2.05) is 72.8 Å². The van der Waals surface area contributed by atoms with Crippen LogP contribution in [0.1, 0.15) is 30.9 Å². The Morgan fingerprint density at radius 2 is 1.79 bits per heavy atom. The molecule has 0 unspecified atom stereocenters. The average molecular weight is 506 g/mol. The molecule has 7 heteroatoms. The molecule has 0 fully saturated rings. The van der Waals surface area contributed by atoms with Gasteiger partial charge in [0, 0.05) is 9.86 Å². The lowest BCUT2D eigenvalue weighted by Gasteiger charge is -2.07. The SMILES string of the molecule is CC(C)c1ccc(OCC(=O)N=Nc2c(O)n(Cc3ccccc3)c3ccc(Br)cc23)cc1. The maximum atomic E-state index is 12.3. The first-order valence-corrected chi connectivity index (χ1v) is 11.4. The Labute approximate surface area is 200 Å². The van der Waals surface area contributed by atoms with Crippen molar-refractivity contribution in [3.63, 3.8) is 0 Å². The van der Waals surface area contributed by atoms with Crippen molar-refractivity contribution in [2.75, 3.05) is 6.61 Å². The van der Waals surface area contributed by atoms with Crippen molar-refractivity contribution in [1.82, 2.24) is 4.57 Å². The molecule has 4 rings (SSSR count). The standard InChI is InChI=1S/C26H24BrN3O3/c1-17(2)19-8-11-21(12-9-19)33-16-24(31)28-29-25-22-14-20(27)10-13-23(22)30(26(25)32)15-18-6-4-3-5-7-18/h3-14,17,32H,15-16H2,1-2H3. The van der Waals surface area contributed by atoms with Gasteiger partial charge < -0.3 is 14.4 Å². The molecule has 168 valence electrons. The Morgan fingerprint density at radius 1 is 1.06 bits per heavy atom. The number of halogens is 1. The van der Waals surface area contributed by atoms with Crippen molar-refractivity contribution in [3.8, 4) is 11.6 Å². The number of nitrogens with zero attached hydrogens (tertiary/aromatic N) is 3. The number of carbonyl (C=O) groups excluding carboxylic acids is 1. The van der Waals surface area contributed by atoms with Gasteiger partial charge in [0.25, 0.3) is 0 Å². The van der Waals surface area contributed by atoms with Crippen LogP contribution in [-0.4, -0.2) is 22.2 Å². The zero-order valence-electron chi connectivity index (χ0n) is 18.4. The van der Waals surface area contributed by atoms with E-state index in [4.69, 9.17) is 4.74 Å². The molecule has 4 aromatic rings. The van der Waals surface area contributed by atoms with Crippen LogP contribution in [0.15, 0.2) is 87.5 Å². The molecular formula is C26H24BrN3O3. The second-order valence-corrected chi connectivity index (χ2v) is 8.93. The van der Waals surface area contributed by atoms with Crippen molar-refractivity contribution in [2.45, 2.75) is 26.3 Å². The molecular weight excluding hydrogens is 482 g/mol. The molecule has 33 heavy (non-hydrogen) atoms. The first-order chi connectivity index (χ1) is 15.9. The van der Waals surface area contributed by atoms with Gasteiger partial charge in [-0.2, -0.15) is 0 Å². The minimum absolute atomic E-state index is 0.0475. The molecule has 1 aromatic heterocycles. The van der Waals surface area contributed by atoms with Gasteiger partial charge in [0.2, 0.25) is 5.88 Å². The van der Waals surface area contributed by atoms with Crippen molar-refractivity contribution in [2.24, 2.45) is 10.2 Å². The molecule has 1 amide bonds. The number of hydrogen-bond acceptors (Lipinski definition) is 4. The number of ether oxygens (including phenoxy) is 1. The number of azo groups is 1. The molecule has 0 saturated heterocycles. The van der Waals surface area contributed by atoms with Gasteiger partial charge in [-0.05, 0) is 47.4 Å². The molecule has 0 spiro atoms. The van der Waals surface area contributed by atoms with Crippen LogP contribution < -0.4 is 4.74 Å². The molecule has 0 saturated carbocycles. The summed E-state index contributed by atoms with van der Waals surface area (Å²) in [5, 5.41) is 19.5. The third-order valence-corrected chi connectivity index (χ3v) is 5.82. The molecule has 0 aliphatic carbocycles. The van der Waals surface area contributed by atoms with Gasteiger partial charge in [-0.3, -0.25) is 4.79 Å². The first kappa shape index (κ1) is 22.7. The summed E-state index contributed by atoms with van der Waals surface area (Å²) in [4.78, 5) is 12.3. The highest BCUT2D eigenvalue weighted by molar-refractivity contribution is 9.10. The zero-order valence-corrected chi connectivity index (χ0v) is 20.0. The van der Waals surface area contributed by atoms with Crippen LogP contribution in [0.5, 0.6) is 11.6 Å². The minimum Gasteiger partial charge on any atom is -0.493 e. The summed E-state index contributed by atoms with van der Waals surface area (Å²) in [6, 6.07) is 23.1. The number of aromatic hydroxyl groups is 1. The summed E-state index contributed by atoms with van der Waals surface area (Å²) >= 11 is 3.46. The van der Waals surface area contributed by atoms with E-state index in [0.717, 1.165) is 15.6 Å². The van der Waals surface area contributed by atoms with Gasteiger partial charge in [-0.25, -0.2) is 0 Å². The van der Waals surface area contributed by atoms with E-state index in [0.29, 0.717) is 23.6 Å². The monoisotopic (exact) mass is 505 g/mol. The van der Waals surface area contributed by atoms with Crippen LogP contribution in [0.25, 0.3) is 10.9 Å². The molecule has 0 aliphatic heterocycles. The number of aromatic nitrogens is 1. The van der Waals surface area contributed by atoms with Gasteiger partial charge in [0.05, 0.1) is 12.1 Å². The van der Waals surface area contributed by atoms with Gasteiger partial charge in [-0.1, -0.05) is 72.2 Å². The van der Waals surface area contributed by atoms with E-state index in [1.54, 1.807) is 4.57 Å². The van der Waals surface area contributed by atoms with Crippen molar-refractivity contribution in [1.29, 1.82) is 0 Å². The Bertz CT molecular complexity index is 1300. The highest BCUT2D eigenvalue weighted by Crippen LogP contribution is 2.40. The fraction of sp³-hybridized carbons (Fsp3) is 0.192. The molecule has 1 heterocycles. The summed E-state index contributed by atoms with van der Waals surface area (Å²) in [6.45, 7) is 4.45. The maximum absolute atomic E-state index is 12.3. The predicted molar refractivity (Wildman–Crippen MR) is 132 cm³/mol. The van der Waals surface area contributed by atoms with Gasteiger partial charge in [0.15, 0.2) is 12.3 Å². The molecule has 3 aromatic carbocycles. The van der Waals surface area contributed by atoms with Gasteiger partial charge >= 0.3 is 5.91 Å². The Kier molecular flexibility index (Phi) is 6.89. The molecule has 0 aliphatic rings. The summed E-state index contributed by atoms with van der Waals surface area (Å²) in [6.07, 6.45) is 0.